The SMILES string of the molecule is O=S(=O)(/C=C/c1ccccc1)CCl. The lowest BCUT2D eigenvalue weighted by atomic mass is 10.2. The molecule has 1 aromatic carbocycles. The molecular formula is C9H9ClO2S. The van der Waals surface area contributed by atoms with Crippen molar-refractivity contribution in [3.05, 3.63) is 41.3 Å². The molecule has 1 aromatic rings. The zero-order valence-corrected chi connectivity index (χ0v) is 8.42. The molecule has 0 bridgehead atoms. The first-order valence-electron chi connectivity index (χ1n) is 3.66. The van der Waals surface area contributed by atoms with Crippen LogP contribution in [0.25, 0.3) is 6.08 Å². The third-order valence-corrected chi connectivity index (χ3v) is 3.19. The average Bonchev–Trinajstić information content (AvgIpc) is 2.17. The fourth-order valence-electron chi connectivity index (χ4n) is 0.783. The molecule has 0 atom stereocenters. The van der Waals surface area contributed by atoms with E-state index in [-0.39, 0.29) is 5.21 Å². The van der Waals surface area contributed by atoms with Gasteiger partial charge >= 0.3 is 0 Å². The van der Waals surface area contributed by atoms with Crippen LogP contribution in [0.2, 0.25) is 0 Å². The van der Waals surface area contributed by atoms with E-state index in [4.69, 9.17) is 11.6 Å². The molecule has 0 aliphatic carbocycles. The van der Waals surface area contributed by atoms with E-state index in [1.54, 1.807) is 0 Å². The maximum absolute atomic E-state index is 11.0. The Kier molecular flexibility index (Phi) is 3.51. The fraction of sp³-hybridized carbons (Fsp3) is 0.111. The first-order chi connectivity index (χ1) is 6.14. The number of sulfone groups is 1. The van der Waals surface area contributed by atoms with E-state index in [1.165, 1.54) is 6.08 Å². The van der Waals surface area contributed by atoms with Crippen molar-refractivity contribution >= 4 is 27.5 Å². The Balaban J connectivity index is 2.82. The molecule has 0 aliphatic rings. The minimum absolute atomic E-state index is 0.379. The molecular weight excluding hydrogens is 208 g/mol. The predicted octanol–water partition coefficient (Wildman–Crippen LogP) is 2.27. The summed E-state index contributed by atoms with van der Waals surface area (Å²) in [5.41, 5.74) is 0.844. The van der Waals surface area contributed by atoms with E-state index < -0.39 is 9.84 Å². The normalized spacial score (nSPS) is 12.1. The largest absolute Gasteiger partial charge is 0.223 e. The third kappa shape index (κ3) is 3.61. The van der Waals surface area contributed by atoms with Gasteiger partial charge in [-0.05, 0) is 11.6 Å². The second-order valence-electron chi connectivity index (χ2n) is 2.49. The highest BCUT2D eigenvalue weighted by Gasteiger charge is 2.00. The van der Waals surface area contributed by atoms with Gasteiger partial charge in [0.2, 0.25) is 0 Å². The molecule has 0 radical (unpaired) electrons. The molecule has 4 heteroatoms. The van der Waals surface area contributed by atoms with Crippen LogP contribution in [0.5, 0.6) is 0 Å². The van der Waals surface area contributed by atoms with Crippen LogP contribution < -0.4 is 0 Å². The second kappa shape index (κ2) is 4.44. The van der Waals surface area contributed by atoms with Crippen molar-refractivity contribution in [2.24, 2.45) is 0 Å². The number of alkyl halides is 1. The lowest BCUT2D eigenvalue weighted by Gasteiger charge is -1.91. The Bertz CT molecular complexity index is 381. The van der Waals surface area contributed by atoms with Crippen LogP contribution in [0.4, 0.5) is 0 Å². The highest BCUT2D eigenvalue weighted by atomic mass is 35.5. The summed E-state index contributed by atoms with van der Waals surface area (Å²) in [6, 6.07) is 9.19. The summed E-state index contributed by atoms with van der Waals surface area (Å²) in [5.74, 6) is 0. The molecule has 0 aliphatic heterocycles. The number of hydrogen-bond acceptors (Lipinski definition) is 2. The van der Waals surface area contributed by atoms with Gasteiger partial charge in [-0.15, -0.1) is 11.6 Å². The summed E-state index contributed by atoms with van der Waals surface area (Å²) in [6.45, 7) is 0. The lowest BCUT2D eigenvalue weighted by molar-refractivity contribution is 0.609. The molecule has 0 saturated carbocycles. The number of benzene rings is 1. The minimum atomic E-state index is -3.23. The molecule has 13 heavy (non-hydrogen) atoms. The van der Waals surface area contributed by atoms with Crippen molar-refractivity contribution in [2.75, 3.05) is 5.21 Å². The molecule has 1 rings (SSSR count). The minimum Gasteiger partial charge on any atom is -0.223 e. The molecule has 0 unspecified atom stereocenters. The highest BCUT2D eigenvalue weighted by Crippen LogP contribution is 2.04. The van der Waals surface area contributed by atoms with Crippen LogP contribution in [0.1, 0.15) is 5.56 Å². The Morgan fingerprint density at radius 3 is 2.38 bits per heavy atom. The number of hydrogen-bond donors (Lipinski definition) is 0. The van der Waals surface area contributed by atoms with E-state index >= 15 is 0 Å². The van der Waals surface area contributed by atoms with Gasteiger partial charge in [0.25, 0.3) is 0 Å². The van der Waals surface area contributed by atoms with Crippen molar-refractivity contribution in [3.63, 3.8) is 0 Å². The quantitative estimate of drug-likeness (QED) is 0.727. The first kappa shape index (κ1) is 10.3. The lowest BCUT2D eigenvalue weighted by Crippen LogP contribution is -1.94. The van der Waals surface area contributed by atoms with E-state index in [0.29, 0.717) is 0 Å². The van der Waals surface area contributed by atoms with Gasteiger partial charge in [0.15, 0.2) is 9.84 Å². The van der Waals surface area contributed by atoms with E-state index in [9.17, 15) is 8.42 Å². The van der Waals surface area contributed by atoms with E-state index in [2.05, 4.69) is 0 Å². The van der Waals surface area contributed by atoms with Crippen LogP contribution in [0.15, 0.2) is 35.7 Å². The molecule has 0 N–H and O–H groups in total. The molecule has 0 fully saturated rings. The van der Waals surface area contributed by atoms with Gasteiger partial charge in [-0.1, -0.05) is 30.3 Å². The van der Waals surface area contributed by atoms with Gasteiger partial charge in [0, 0.05) is 5.41 Å². The van der Waals surface area contributed by atoms with Crippen LogP contribution >= 0.6 is 11.6 Å². The van der Waals surface area contributed by atoms with Crippen molar-refractivity contribution in [1.82, 2.24) is 0 Å². The monoisotopic (exact) mass is 216 g/mol. The Morgan fingerprint density at radius 1 is 1.23 bits per heavy atom. The van der Waals surface area contributed by atoms with Gasteiger partial charge in [-0.2, -0.15) is 0 Å². The Morgan fingerprint density at radius 2 is 1.85 bits per heavy atom. The zero-order chi connectivity index (χ0) is 9.73. The smallest absolute Gasteiger partial charge is 0.185 e. The Labute approximate surface area is 82.8 Å². The van der Waals surface area contributed by atoms with Gasteiger partial charge in [0.05, 0.1) is 0 Å². The van der Waals surface area contributed by atoms with Gasteiger partial charge in [-0.25, -0.2) is 8.42 Å². The summed E-state index contributed by atoms with van der Waals surface area (Å²) < 4.78 is 21.9. The summed E-state index contributed by atoms with van der Waals surface area (Å²) >= 11 is 5.22. The maximum atomic E-state index is 11.0. The van der Waals surface area contributed by atoms with Crippen LogP contribution in [-0.4, -0.2) is 13.6 Å². The fourth-order valence-corrected chi connectivity index (χ4v) is 1.44. The summed E-state index contributed by atoms with van der Waals surface area (Å²) in [6.07, 6.45) is 1.53. The molecule has 0 aromatic heterocycles. The molecule has 0 saturated heterocycles. The predicted molar refractivity (Wildman–Crippen MR) is 55.1 cm³/mol. The van der Waals surface area contributed by atoms with Crippen molar-refractivity contribution < 1.29 is 8.42 Å². The molecule has 2 nitrogen and oxygen atoms in total. The highest BCUT2D eigenvalue weighted by molar-refractivity contribution is 7.95. The summed E-state index contributed by atoms with van der Waals surface area (Å²) in [4.78, 5) is 0. The molecule has 0 spiro atoms. The number of rotatable bonds is 3. The average molecular weight is 217 g/mol. The van der Waals surface area contributed by atoms with Crippen LogP contribution in [0.3, 0.4) is 0 Å². The first-order valence-corrected chi connectivity index (χ1v) is 5.91. The topological polar surface area (TPSA) is 34.1 Å². The molecule has 0 heterocycles. The molecule has 70 valence electrons. The van der Waals surface area contributed by atoms with E-state index in [1.807, 2.05) is 30.3 Å². The van der Waals surface area contributed by atoms with Gasteiger partial charge < -0.3 is 0 Å². The third-order valence-electron chi connectivity index (χ3n) is 1.42. The summed E-state index contributed by atoms with van der Waals surface area (Å²) in [5, 5.41) is 0.742. The van der Waals surface area contributed by atoms with Gasteiger partial charge in [0.1, 0.15) is 5.21 Å². The van der Waals surface area contributed by atoms with Gasteiger partial charge in [-0.3, -0.25) is 0 Å². The van der Waals surface area contributed by atoms with E-state index in [0.717, 1.165) is 11.0 Å². The second-order valence-corrected chi connectivity index (χ2v) is 4.96. The molecule has 0 amide bonds. The zero-order valence-electron chi connectivity index (χ0n) is 6.85. The maximum Gasteiger partial charge on any atom is 0.185 e. The van der Waals surface area contributed by atoms with Crippen LogP contribution in [-0.2, 0) is 9.84 Å². The van der Waals surface area contributed by atoms with Crippen molar-refractivity contribution in [2.45, 2.75) is 0 Å². The standard InChI is InChI=1S/C9H9ClO2S/c10-8-13(11,12)7-6-9-4-2-1-3-5-9/h1-7H,8H2/b7-6+. The van der Waals surface area contributed by atoms with Crippen molar-refractivity contribution in [3.8, 4) is 0 Å². The van der Waals surface area contributed by atoms with Crippen LogP contribution in [0, 0.1) is 0 Å². The van der Waals surface area contributed by atoms with Crippen molar-refractivity contribution in [1.29, 1.82) is 0 Å². The summed E-state index contributed by atoms with van der Waals surface area (Å²) in [7, 11) is -3.23. The Hall–Kier alpha value is -0.800. The number of halogens is 1.